The van der Waals surface area contributed by atoms with Gasteiger partial charge >= 0.3 is 5.97 Å². The minimum Gasteiger partial charge on any atom is -0.478 e. The zero-order valence-corrected chi connectivity index (χ0v) is 13.2. The van der Waals surface area contributed by atoms with Crippen LogP contribution in [0.1, 0.15) is 31.8 Å². The summed E-state index contributed by atoms with van der Waals surface area (Å²) in [5.74, 6) is -1.23. The second-order valence-electron chi connectivity index (χ2n) is 4.73. The van der Waals surface area contributed by atoms with Crippen LogP contribution in [0.25, 0.3) is 0 Å². The average Bonchev–Trinajstić information content (AvgIpc) is 2.43. The molecule has 2 aromatic carbocycles. The van der Waals surface area contributed by atoms with Crippen molar-refractivity contribution in [3.63, 3.8) is 0 Å². The Bertz CT molecular complexity index is 725. The van der Waals surface area contributed by atoms with Crippen molar-refractivity contribution in [2.75, 3.05) is 5.32 Å². The molecule has 0 saturated heterocycles. The Kier molecular flexibility index (Phi) is 4.43. The van der Waals surface area contributed by atoms with Gasteiger partial charge in [0.1, 0.15) is 0 Å². The first-order chi connectivity index (χ1) is 9.90. The quantitative estimate of drug-likeness (QED) is 0.881. The molecule has 0 aromatic heterocycles. The fraction of sp³-hybridized carbons (Fsp3) is 0.125. The molecule has 0 heterocycles. The Balaban J connectivity index is 2.28. The molecule has 5 heteroatoms. The summed E-state index contributed by atoms with van der Waals surface area (Å²) in [4.78, 5) is 23.2. The summed E-state index contributed by atoms with van der Waals surface area (Å²) < 4.78 is 0.752. The highest BCUT2D eigenvalue weighted by Gasteiger charge is 2.13. The molecular weight excluding hydrogens is 334 g/mol. The Morgan fingerprint density at radius 2 is 1.81 bits per heavy atom. The highest BCUT2D eigenvalue weighted by atomic mass is 79.9. The second kappa shape index (κ2) is 6.10. The van der Waals surface area contributed by atoms with Crippen LogP contribution in [0.2, 0.25) is 0 Å². The molecule has 0 saturated carbocycles. The predicted octanol–water partition coefficient (Wildman–Crippen LogP) is 4.02. The summed E-state index contributed by atoms with van der Waals surface area (Å²) in [6, 6.07) is 10.1. The second-order valence-corrected chi connectivity index (χ2v) is 5.52. The van der Waals surface area contributed by atoms with E-state index in [2.05, 4.69) is 21.2 Å². The van der Waals surface area contributed by atoms with E-state index in [1.807, 2.05) is 19.1 Å². The molecule has 0 aliphatic heterocycles. The maximum Gasteiger partial charge on any atom is 0.335 e. The molecule has 0 unspecified atom stereocenters. The lowest BCUT2D eigenvalue weighted by molar-refractivity contribution is 0.0696. The topological polar surface area (TPSA) is 66.4 Å². The highest BCUT2D eigenvalue weighted by molar-refractivity contribution is 9.10. The summed E-state index contributed by atoms with van der Waals surface area (Å²) in [6.45, 7) is 3.67. The summed E-state index contributed by atoms with van der Waals surface area (Å²) in [7, 11) is 0. The van der Waals surface area contributed by atoms with Gasteiger partial charge in [-0.1, -0.05) is 12.1 Å². The monoisotopic (exact) mass is 347 g/mol. The first-order valence-electron chi connectivity index (χ1n) is 6.30. The van der Waals surface area contributed by atoms with E-state index in [0.29, 0.717) is 16.8 Å². The van der Waals surface area contributed by atoms with Crippen molar-refractivity contribution in [3.8, 4) is 0 Å². The molecular formula is C16H14BrNO3. The van der Waals surface area contributed by atoms with Gasteiger partial charge in [-0.05, 0) is 65.2 Å². The van der Waals surface area contributed by atoms with Gasteiger partial charge < -0.3 is 10.4 Å². The SMILES string of the molecule is Cc1cc(C(=O)O)ccc1NC(=O)c1cccc(C)c1Br. The van der Waals surface area contributed by atoms with E-state index < -0.39 is 5.97 Å². The van der Waals surface area contributed by atoms with Crippen molar-refractivity contribution < 1.29 is 14.7 Å². The van der Waals surface area contributed by atoms with Crippen LogP contribution >= 0.6 is 15.9 Å². The number of halogens is 1. The number of benzene rings is 2. The van der Waals surface area contributed by atoms with Gasteiger partial charge in [-0.25, -0.2) is 4.79 Å². The van der Waals surface area contributed by atoms with E-state index in [0.717, 1.165) is 10.0 Å². The fourth-order valence-electron chi connectivity index (χ4n) is 1.95. The number of hydrogen-bond acceptors (Lipinski definition) is 2. The molecule has 108 valence electrons. The van der Waals surface area contributed by atoms with Crippen LogP contribution in [0.15, 0.2) is 40.9 Å². The van der Waals surface area contributed by atoms with Gasteiger partial charge in [0.25, 0.3) is 5.91 Å². The number of carbonyl (C=O) groups excluding carboxylic acids is 1. The molecule has 2 rings (SSSR count). The summed E-state index contributed by atoms with van der Waals surface area (Å²) in [5, 5.41) is 11.7. The van der Waals surface area contributed by atoms with Crippen molar-refractivity contribution >= 4 is 33.5 Å². The summed E-state index contributed by atoms with van der Waals surface area (Å²) in [6.07, 6.45) is 0. The minimum absolute atomic E-state index is 0.197. The van der Waals surface area contributed by atoms with Gasteiger partial charge in [0.15, 0.2) is 0 Å². The normalized spacial score (nSPS) is 10.2. The van der Waals surface area contributed by atoms with Crippen LogP contribution in [0.4, 0.5) is 5.69 Å². The third-order valence-corrected chi connectivity index (χ3v) is 4.21. The third kappa shape index (κ3) is 3.31. The molecule has 1 amide bonds. The van der Waals surface area contributed by atoms with Crippen LogP contribution in [0.5, 0.6) is 0 Å². The van der Waals surface area contributed by atoms with Gasteiger partial charge in [0.05, 0.1) is 11.1 Å². The maximum atomic E-state index is 12.3. The number of hydrogen-bond donors (Lipinski definition) is 2. The number of carboxylic acids is 1. The van der Waals surface area contributed by atoms with Crippen molar-refractivity contribution in [1.82, 2.24) is 0 Å². The van der Waals surface area contributed by atoms with Gasteiger partial charge in [-0.3, -0.25) is 4.79 Å². The van der Waals surface area contributed by atoms with E-state index in [9.17, 15) is 9.59 Å². The van der Waals surface area contributed by atoms with E-state index in [-0.39, 0.29) is 11.5 Å². The molecule has 0 aliphatic rings. The van der Waals surface area contributed by atoms with E-state index in [1.165, 1.54) is 12.1 Å². The Morgan fingerprint density at radius 1 is 1.10 bits per heavy atom. The van der Waals surface area contributed by atoms with Crippen LogP contribution in [-0.2, 0) is 0 Å². The smallest absolute Gasteiger partial charge is 0.335 e. The van der Waals surface area contributed by atoms with E-state index in [4.69, 9.17) is 5.11 Å². The van der Waals surface area contributed by atoms with Crippen molar-refractivity contribution in [2.24, 2.45) is 0 Å². The number of rotatable bonds is 3. The van der Waals surface area contributed by atoms with Gasteiger partial charge in [-0.15, -0.1) is 0 Å². The fourth-order valence-corrected chi connectivity index (χ4v) is 2.39. The van der Waals surface area contributed by atoms with Crippen molar-refractivity contribution in [3.05, 3.63) is 63.1 Å². The van der Waals surface area contributed by atoms with Gasteiger partial charge in [0, 0.05) is 10.2 Å². The first kappa shape index (κ1) is 15.3. The molecule has 0 fully saturated rings. The number of aromatic carboxylic acids is 1. The number of carbonyl (C=O) groups is 2. The van der Waals surface area contributed by atoms with Gasteiger partial charge in [-0.2, -0.15) is 0 Å². The summed E-state index contributed by atoms with van der Waals surface area (Å²) >= 11 is 3.40. The first-order valence-corrected chi connectivity index (χ1v) is 7.10. The van der Waals surface area contributed by atoms with E-state index in [1.54, 1.807) is 19.1 Å². The molecule has 0 aliphatic carbocycles. The van der Waals surface area contributed by atoms with Crippen LogP contribution < -0.4 is 5.32 Å². The largest absolute Gasteiger partial charge is 0.478 e. The molecule has 0 bridgehead atoms. The molecule has 0 radical (unpaired) electrons. The minimum atomic E-state index is -0.989. The molecule has 0 spiro atoms. The Morgan fingerprint density at radius 3 is 2.43 bits per heavy atom. The molecule has 4 nitrogen and oxygen atoms in total. The molecule has 21 heavy (non-hydrogen) atoms. The Hall–Kier alpha value is -2.14. The number of carboxylic acid groups (broad SMARTS) is 1. The lowest BCUT2D eigenvalue weighted by Crippen LogP contribution is -2.14. The number of amides is 1. The number of aryl methyl sites for hydroxylation is 2. The van der Waals surface area contributed by atoms with E-state index >= 15 is 0 Å². The predicted molar refractivity (Wildman–Crippen MR) is 85.0 cm³/mol. The lowest BCUT2D eigenvalue weighted by Gasteiger charge is -2.11. The zero-order valence-electron chi connectivity index (χ0n) is 11.6. The van der Waals surface area contributed by atoms with Crippen molar-refractivity contribution in [2.45, 2.75) is 13.8 Å². The summed E-state index contributed by atoms with van der Waals surface area (Å²) in [5.41, 5.74) is 3.00. The molecule has 2 N–H and O–H groups in total. The van der Waals surface area contributed by atoms with Crippen LogP contribution in [-0.4, -0.2) is 17.0 Å². The van der Waals surface area contributed by atoms with Crippen LogP contribution in [0.3, 0.4) is 0 Å². The Labute approximate surface area is 130 Å². The standard InChI is InChI=1S/C16H14BrNO3/c1-9-4-3-5-12(14(9)17)15(19)18-13-7-6-11(16(20)21)8-10(13)2/h3-8H,1-2H3,(H,18,19)(H,20,21). The van der Waals surface area contributed by atoms with Crippen molar-refractivity contribution in [1.29, 1.82) is 0 Å². The maximum absolute atomic E-state index is 12.3. The van der Waals surface area contributed by atoms with Crippen LogP contribution in [0, 0.1) is 13.8 Å². The van der Waals surface area contributed by atoms with Gasteiger partial charge in [0.2, 0.25) is 0 Å². The number of nitrogens with one attached hydrogen (secondary N) is 1. The number of anilines is 1. The highest BCUT2D eigenvalue weighted by Crippen LogP contribution is 2.23. The lowest BCUT2D eigenvalue weighted by atomic mass is 10.1. The third-order valence-electron chi connectivity index (χ3n) is 3.16. The molecule has 0 atom stereocenters. The molecule has 2 aromatic rings. The average molecular weight is 348 g/mol. The zero-order chi connectivity index (χ0) is 15.6.